The number of benzene rings is 2. The quantitative estimate of drug-likeness (QED) is 0.151. The zero-order valence-corrected chi connectivity index (χ0v) is 23.2. The molecule has 11 heteroatoms. The van der Waals surface area contributed by atoms with Crippen LogP contribution < -0.4 is 14.8 Å². The fourth-order valence-corrected chi connectivity index (χ4v) is 5.36. The van der Waals surface area contributed by atoms with E-state index >= 15 is 0 Å². The number of hydrogen-bond acceptors (Lipinski definition) is 7. The maximum Gasteiger partial charge on any atom is 0.223 e. The van der Waals surface area contributed by atoms with Gasteiger partial charge in [-0.25, -0.2) is 18.7 Å². The summed E-state index contributed by atoms with van der Waals surface area (Å²) in [4.78, 5) is 13.5. The highest BCUT2D eigenvalue weighted by molar-refractivity contribution is 9.10. The van der Waals surface area contributed by atoms with E-state index < -0.39 is 11.6 Å². The molecule has 4 aromatic rings. The zero-order chi connectivity index (χ0) is 26.5. The summed E-state index contributed by atoms with van der Waals surface area (Å²) in [5.74, 6) is -0.0589. The molecule has 0 aliphatic heterocycles. The van der Waals surface area contributed by atoms with Gasteiger partial charge in [-0.1, -0.05) is 30.9 Å². The second-order valence-electron chi connectivity index (χ2n) is 8.76. The van der Waals surface area contributed by atoms with Gasteiger partial charge >= 0.3 is 0 Å². The van der Waals surface area contributed by atoms with Gasteiger partial charge in [-0.15, -0.1) is 0 Å². The molecule has 0 radical (unpaired) electrons. The smallest absolute Gasteiger partial charge is 0.223 e. The third kappa shape index (κ3) is 6.54. The molecule has 0 atom stereocenters. The fourth-order valence-electron chi connectivity index (χ4n) is 4.13. The van der Waals surface area contributed by atoms with Crippen LogP contribution in [0.4, 0.5) is 20.4 Å². The Morgan fingerprint density at radius 1 is 0.974 bits per heavy atom. The first-order valence-corrected chi connectivity index (χ1v) is 14.0. The fraction of sp³-hybridized carbons (Fsp3) is 0.222. The number of aromatic nitrogens is 3. The molecule has 1 fully saturated rings. The molecule has 1 saturated carbocycles. The van der Waals surface area contributed by atoms with Crippen LogP contribution >= 0.6 is 39.5 Å². The number of hydrogen-bond donors (Lipinski definition) is 2. The van der Waals surface area contributed by atoms with Crippen molar-refractivity contribution in [3.8, 4) is 22.8 Å². The predicted octanol–water partition coefficient (Wildman–Crippen LogP) is 8.89. The molecule has 0 spiro atoms. The summed E-state index contributed by atoms with van der Waals surface area (Å²) in [6.45, 7) is 0. The van der Waals surface area contributed by atoms with Gasteiger partial charge in [-0.05, 0) is 77.1 Å². The summed E-state index contributed by atoms with van der Waals surface area (Å²) < 4.78 is 38.5. The molecule has 0 saturated heterocycles. The Hall–Kier alpha value is -2.95. The van der Waals surface area contributed by atoms with E-state index in [2.05, 4.69) is 40.9 Å². The standard InChI is InChI=1S/C27H23BrClF2N5OS/c28-19-13-22(31)26(14-20(19)29)38-36-17-6-7-25(21(30)12-17)37-24-9-10-32-15-18(24)23-8-11-33-27(35-23)34-16-4-2-1-3-5-16/h6-16,36H,1-5H2,(H,33,34,35). The van der Waals surface area contributed by atoms with Gasteiger partial charge in [0.15, 0.2) is 11.6 Å². The largest absolute Gasteiger partial charge is 0.453 e. The molecule has 2 aromatic carbocycles. The minimum atomic E-state index is -0.588. The van der Waals surface area contributed by atoms with Crippen molar-refractivity contribution >= 4 is 51.1 Å². The van der Waals surface area contributed by atoms with E-state index in [-0.39, 0.29) is 10.6 Å². The summed E-state index contributed by atoms with van der Waals surface area (Å²) in [6, 6.07) is 11.0. The molecule has 38 heavy (non-hydrogen) atoms. The van der Waals surface area contributed by atoms with E-state index in [0.717, 1.165) is 24.8 Å². The number of ether oxygens (including phenoxy) is 1. The topological polar surface area (TPSA) is 72.0 Å². The maximum absolute atomic E-state index is 15.0. The lowest BCUT2D eigenvalue weighted by Gasteiger charge is -2.22. The summed E-state index contributed by atoms with van der Waals surface area (Å²) >= 11 is 10.2. The van der Waals surface area contributed by atoms with Crippen molar-refractivity contribution in [1.82, 2.24) is 15.0 Å². The monoisotopic (exact) mass is 617 g/mol. The molecule has 0 bridgehead atoms. The first kappa shape index (κ1) is 26.6. The average molecular weight is 619 g/mol. The molecule has 2 aromatic heterocycles. The molecule has 1 aliphatic carbocycles. The van der Waals surface area contributed by atoms with Crippen LogP contribution in [0, 0.1) is 11.6 Å². The normalized spacial score (nSPS) is 13.8. The lowest BCUT2D eigenvalue weighted by atomic mass is 9.96. The van der Waals surface area contributed by atoms with Gasteiger partial charge in [0.1, 0.15) is 11.6 Å². The molecular formula is C27H23BrClF2N5OS. The molecule has 0 amide bonds. The Balaban J connectivity index is 1.30. The van der Waals surface area contributed by atoms with Crippen LogP contribution in [-0.2, 0) is 0 Å². The van der Waals surface area contributed by atoms with Crippen molar-refractivity contribution in [3.63, 3.8) is 0 Å². The van der Waals surface area contributed by atoms with Crippen LogP contribution in [-0.4, -0.2) is 21.0 Å². The number of nitrogens with one attached hydrogen (secondary N) is 2. The highest BCUT2D eigenvalue weighted by Gasteiger charge is 2.17. The van der Waals surface area contributed by atoms with Gasteiger partial charge in [0.2, 0.25) is 5.95 Å². The van der Waals surface area contributed by atoms with Gasteiger partial charge in [0.25, 0.3) is 0 Å². The summed E-state index contributed by atoms with van der Waals surface area (Å²) in [5.41, 5.74) is 1.66. The summed E-state index contributed by atoms with van der Waals surface area (Å²) in [5, 5.41) is 3.80. The van der Waals surface area contributed by atoms with Crippen LogP contribution in [0.15, 0.2) is 70.4 Å². The minimum Gasteiger partial charge on any atom is -0.453 e. The van der Waals surface area contributed by atoms with Crippen molar-refractivity contribution in [2.45, 2.75) is 43.0 Å². The number of pyridine rings is 1. The second-order valence-corrected chi connectivity index (χ2v) is 10.9. The Kier molecular flexibility index (Phi) is 8.61. The second kappa shape index (κ2) is 12.3. The van der Waals surface area contributed by atoms with Crippen LogP contribution in [0.2, 0.25) is 5.02 Å². The molecule has 1 aliphatic rings. The first-order valence-electron chi connectivity index (χ1n) is 12.0. The molecule has 6 nitrogen and oxygen atoms in total. The molecule has 196 valence electrons. The number of anilines is 2. The summed E-state index contributed by atoms with van der Waals surface area (Å²) in [7, 11) is 0. The van der Waals surface area contributed by atoms with E-state index in [0.29, 0.717) is 44.2 Å². The highest BCUT2D eigenvalue weighted by atomic mass is 79.9. The molecule has 0 unspecified atom stereocenters. The van der Waals surface area contributed by atoms with E-state index in [1.165, 1.54) is 43.5 Å². The summed E-state index contributed by atoms with van der Waals surface area (Å²) in [6.07, 6.45) is 10.8. The third-order valence-corrected chi connectivity index (χ3v) is 8.12. The van der Waals surface area contributed by atoms with Crippen molar-refractivity contribution in [3.05, 3.63) is 82.2 Å². The van der Waals surface area contributed by atoms with Crippen molar-refractivity contribution in [1.29, 1.82) is 0 Å². The van der Waals surface area contributed by atoms with Crippen molar-refractivity contribution in [2.24, 2.45) is 0 Å². The molecular weight excluding hydrogens is 596 g/mol. The number of nitrogens with zero attached hydrogens (tertiary/aromatic N) is 3. The van der Waals surface area contributed by atoms with Crippen LogP contribution in [0.1, 0.15) is 32.1 Å². The average Bonchev–Trinajstić information content (AvgIpc) is 2.92. The zero-order valence-electron chi connectivity index (χ0n) is 20.1. The first-order chi connectivity index (χ1) is 18.5. The van der Waals surface area contributed by atoms with Crippen molar-refractivity contribution < 1.29 is 13.5 Å². The third-order valence-electron chi connectivity index (χ3n) is 6.06. The van der Waals surface area contributed by atoms with Gasteiger partial charge in [-0.2, -0.15) is 0 Å². The van der Waals surface area contributed by atoms with Gasteiger partial charge in [0.05, 0.1) is 21.2 Å². The number of rotatable bonds is 8. The van der Waals surface area contributed by atoms with Crippen LogP contribution in [0.25, 0.3) is 11.3 Å². The van der Waals surface area contributed by atoms with E-state index in [1.807, 2.05) is 0 Å². The lowest BCUT2D eigenvalue weighted by Crippen LogP contribution is -2.23. The predicted molar refractivity (Wildman–Crippen MR) is 151 cm³/mol. The van der Waals surface area contributed by atoms with Gasteiger partial charge in [0, 0.05) is 40.9 Å². The van der Waals surface area contributed by atoms with Crippen LogP contribution in [0.5, 0.6) is 11.5 Å². The van der Waals surface area contributed by atoms with Crippen molar-refractivity contribution in [2.75, 3.05) is 10.0 Å². The van der Waals surface area contributed by atoms with Gasteiger partial charge < -0.3 is 14.8 Å². The Labute approximate surface area is 236 Å². The maximum atomic E-state index is 15.0. The Bertz CT molecular complexity index is 1440. The SMILES string of the molecule is Fc1cc(NSc2cc(Cl)c(Br)cc2F)ccc1Oc1ccncc1-c1ccnc(NC2CCCCC2)n1. The Morgan fingerprint density at radius 2 is 1.82 bits per heavy atom. The highest BCUT2D eigenvalue weighted by Crippen LogP contribution is 2.35. The number of halogens is 4. The Morgan fingerprint density at radius 3 is 2.63 bits per heavy atom. The molecule has 5 rings (SSSR count). The molecule has 2 N–H and O–H groups in total. The minimum absolute atomic E-state index is 0.0282. The van der Waals surface area contributed by atoms with E-state index in [1.54, 1.807) is 36.8 Å². The lowest BCUT2D eigenvalue weighted by molar-refractivity contribution is 0.443. The van der Waals surface area contributed by atoms with E-state index in [9.17, 15) is 8.78 Å². The molecule has 2 heterocycles. The van der Waals surface area contributed by atoms with Gasteiger partial charge in [-0.3, -0.25) is 4.98 Å². The van der Waals surface area contributed by atoms with Crippen LogP contribution in [0.3, 0.4) is 0 Å². The van der Waals surface area contributed by atoms with E-state index in [4.69, 9.17) is 16.3 Å².